The fourth-order valence-corrected chi connectivity index (χ4v) is 1.83. The maximum atomic E-state index is 5.64. The lowest BCUT2D eigenvalue weighted by atomic mass is 10.3. The van der Waals surface area contributed by atoms with Gasteiger partial charge in [-0.3, -0.25) is 9.97 Å². The predicted molar refractivity (Wildman–Crippen MR) is 72.7 cm³/mol. The molecular weight excluding hydrogens is 238 g/mol. The molecule has 98 valence electrons. The minimum atomic E-state index is 0.475. The third-order valence-corrected chi connectivity index (χ3v) is 3.03. The molecule has 1 saturated carbocycles. The van der Waals surface area contributed by atoms with Gasteiger partial charge in [0, 0.05) is 18.8 Å². The van der Waals surface area contributed by atoms with Crippen molar-refractivity contribution in [2.45, 2.75) is 32.0 Å². The van der Waals surface area contributed by atoms with E-state index in [1.807, 2.05) is 30.3 Å². The van der Waals surface area contributed by atoms with Crippen molar-refractivity contribution in [2.75, 3.05) is 0 Å². The first-order valence-corrected chi connectivity index (χ1v) is 6.61. The van der Waals surface area contributed by atoms with Crippen LogP contribution in [0.4, 0.5) is 0 Å². The van der Waals surface area contributed by atoms with Gasteiger partial charge in [0.15, 0.2) is 0 Å². The molecule has 0 aromatic carbocycles. The van der Waals surface area contributed by atoms with Gasteiger partial charge in [-0.05, 0) is 37.1 Å². The molecule has 1 N–H and O–H groups in total. The zero-order valence-corrected chi connectivity index (χ0v) is 10.7. The molecule has 0 spiro atoms. The van der Waals surface area contributed by atoms with E-state index in [1.54, 1.807) is 12.4 Å². The van der Waals surface area contributed by atoms with Gasteiger partial charge in [-0.15, -0.1) is 0 Å². The summed E-state index contributed by atoms with van der Waals surface area (Å²) in [6.45, 7) is 1.31. The van der Waals surface area contributed by atoms with Crippen molar-refractivity contribution in [3.8, 4) is 5.75 Å². The summed E-state index contributed by atoms with van der Waals surface area (Å²) in [7, 11) is 0. The molecule has 0 radical (unpaired) electrons. The molecule has 2 heterocycles. The zero-order chi connectivity index (χ0) is 12.9. The molecule has 0 atom stereocenters. The third-order valence-electron chi connectivity index (χ3n) is 3.03. The molecule has 4 heteroatoms. The van der Waals surface area contributed by atoms with Gasteiger partial charge >= 0.3 is 0 Å². The molecule has 0 aliphatic heterocycles. The normalized spacial score (nSPS) is 14.3. The van der Waals surface area contributed by atoms with E-state index < -0.39 is 0 Å². The molecule has 0 unspecified atom stereocenters. The van der Waals surface area contributed by atoms with Crippen LogP contribution in [0.3, 0.4) is 0 Å². The number of hydrogen-bond acceptors (Lipinski definition) is 4. The zero-order valence-electron chi connectivity index (χ0n) is 10.7. The molecule has 19 heavy (non-hydrogen) atoms. The number of nitrogens with zero attached hydrogens (tertiary/aromatic N) is 2. The van der Waals surface area contributed by atoms with Crippen molar-refractivity contribution in [2.24, 2.45) is 0 Å². The first kappa shape index (κ1) is 12.1. The van der Waals surface area contributed by atoms with Gasteiger partial charge < -0.3 is 10.1 Å². The maximum absolute atomic E-state index is 5.64. The van der Waals surface area contributed by atoms with E-state index in [0.717, 1.165) is 23.7 Å². The summed E-state index contributed by atoms with van der Waals surface area (Å²) in [6, 6.07) is 10.5. The topological polar surface area (TPSA) is 47.0 Å². The Morgan fingerprint density at radius 2 is 2.05 bits per heavy atom. The van der Waals surface area contributed by atoms with Crippen molar-refractivity contribution >= 4 is 0 Å². The maximum Gasteiger partial charge on any atom is 0.138 e. The highest BCUT2D eigenvalue weighted by Crippen LogP contribution is 2.19. The van der Waals surface area contributed by atoms with Crippen LogP contribution in [-0.2, 0) is 13.2 Å². The Morgan fingerprint density at radius 1 is 1.16 bits per heavy atom. The van der Waals surface area contributed by atoms with Crippen LogP contribution in [0.1, 0.15) is 24.2 Å². The third kappa shape index (κ3) is 3.76. The van der Waals surface area contributed by atoms with Crippen LogP contribution in [0, 0.1) is 0 Å². The predicted octanol–water partition coefficient (Wildman–Crippen LogP) is 2.31. The lowest BCUT2D eigenvalue weighted by Crippen LogP contribution is -2.16. The van der Waals surface area contributed by atoms with E-state index >= 15 is 0 Å². The van der Waals surface area contributed by atoms with Crippen molar-refractivity contribution in [1.82, 2.24) is 15.3 Å². The second kappa shape index (κ2) is 5.80. The number of hydrogen-bond donors (Lipinski definition) is 1. The molecule has 2 aromatic rings. The summed E-state index contributed by atoms with van der Waals surface area (Å²) >= 11 is 0. The van der Waals surface area contributed by atoms with E-state index in [4.69, 9.17) is 4.74 Å². The molecule has 4 nitrogen and oxygen atoms in total. The highest BCUT2D eigenvalue weighted by Gasteiger charge is 2.20. The van der Waals surface area contributed by atoms with E-state index in [9.17, 15) is 0 Å². The molecule has 3 rings (SSSR count). The van der Waals surface area contributed by atoms with Gasteiger partial charge in [-0.1, -0.05) is 6.07 Å². The molecule has 2 aromatic heterocycles. The smallest absolute Gasteiger partial charge is 0.138 e. The molecule has 0 bridgehead atoms. The fourth-order valence-electron chi connectivity index (χ4n) is 1.83. The lowest BCUT2D eigenvalue weighted by molar-refractivity contribution is 0.299. The van der Waals surface area contributed by atoms with Crippen LogP contribution in [-0.4, -0.2) is 16.0 Å². The van der Waals surface area contributed by atoms with Crippen LogP contribution in [0.2, 0.25) is 0 Å². The first-order chi connectivity index (χ1) is 9.40. The van der Waals surface area contributed by atoms with Crippen LogP contribution < -0.4 is 10.1 Å². The van der Waals surface area contributed by atoms with E-state index in [1.165, 1.54) is 12.8 Å². The highest BCUT2D eigenvalue weighted by molar-refractivity contribution is 5.17. The quantitative estimate of drug-likeness (QED) is 0.860. The van der Waals surface area contributed by atoms with Gasteiger partial charge in [-0.2, -0.15) is 0 Å². The van der Waals surface area contributed by atoms with Gasteiger partial charge in [0.2, 0.25) is 0 Å². The van der Waals surface area contributed by atoms with Crippen molar-refractivity contribution < 1.29 is 4.74 Å². The average molecular weight is 255 g/mol. The van der Waals surface area contributed by atoms with E-state index in [-0.39, 0.29) is 0 Å². The monoisotopic (exact) mass is 255 g/mol. The van der Waals surface area contributed by atoms with Crippen LogP contribution in [0.15, 0.2) is 42.7 Å². The Balaban J connectivity index is 1.56. The summed E-state index contributed by atoms with van der Waals surface area (Å²) < 4.78 is 5.64. The molecular formula is C15H17N3O. The SMILES string of the molecule is c1cncc(OCc2cccc(CNC3CC3)n2)c1. The van der Waals surface area contributed by atoms with Gasteiger partial charge in [0.05, 0.1) is 17.6 Å². The second-order valence-corrected chi connectivity index (χ2v) is 4.75. The molecule has 0 amide bonds. The van der Waals surface area contributed by atoms with Crippen molar-refractivity contribution in [3.63, 3.8) is 0 Å². The molecule has 0 saturated heterocycles. The molecule has 1 fully saturated rings. The molecule has 1 aliphatic rings. The summed E-state index contributed by atoms with van der Waals surface area (Å²) in [5.74, 6) is 0.769. The van der Waals surface area contributed by atoms with Crippen LogP contribution in [0.5, 0.6) is 5.75 Å². The standard InChI is InChI=1S/C15H17N3O/c1-3-13(9-17-12-6-7-12)18-14(4-1)11-19-15-5-2-8-16-10-15/h1-5,8,10,12,17H,6-7,9,11H2. The number of ether oxygens (including phenoxy) is 1. The largest absolute Gasteiger partial charge is 0.486 e. The Hall–Kier alpha value is -1.94. The summed E-state index contributed by atoms with van der Waals surface area (Å²) in [5, 5.41) is 3.46. The van der Waals surface area contributed by atoms with Crippen LogP contribution in [0.25, 0.3) is 0 Å². The number of pyridine rings is 2. The average Bonchev–Trinajstić information content (AvgIpc) is 3.29. The summed E-state index contributed by atoms with van der Waals surface area (Å²) in [6.07, 6.45) is 6.03. The van der Waals surface area contributed by atoms with E-state index in [0.29, 0.717) is 12.6 Å². The number of rotatable bonds is 6. The Bertz CT molecular complexity index is 526. The fraction of sp³-hybridized carbons (Fsp3) is 0.333. The first-order valence-electron chi connectivity index (χ1n) is 6.61. The molecule has 1 aliphatic carbocycles. The Labute approximate surface area is 112 Å². The Kier molecular flexibility index (Phi) is 3.70. The van der Waals surface area contributed by atoms with Gasteiger partial charge in [-0.25, -0.2) is 0 Å². The summed E-state index contributed by atoms with van der Waals surface area (Å²) in [5.41, 5.74) is 2.01. The van der Waals surface area contributed by atoms with Gasteiger partial charge in [0.25, 0.3) is 0 Å². The van der Waals surface area contributed by atoms with Crippen LogP contribution >= 0.6 is 0 Å². The van der Waals surface area contributed by atoms with Crippen molar-refractivity contribution in [1.29, 1.82) is 0 Å². The van der Waals surface area contributed by atoms with Gasteiger partial charge in [0.1, 0.15) is 12.4 Å². The van der Waals surface area contributed by atoms with E-state index in [2.05, 4.69) is 15.3 Å². The lowest BCUT2D eigenvalue weighted by Gasteiger charge is -2.07. The number of nitrogens with one attached hydrogen (secondary N) is 1. The van der Waals surface area contributed by atoms with Crippen molar-refractivity contribution in [3.05, 3.63) is 54.1 Å². The minimum Gasteiger partial charge on any atom is -0.486 e. The number of aromatic nitrogens is 2. The minimum absolute atomic E-state index is 0.475. The summed E-state index contributed by atoms with van der Waals surface area (Å²) in [4.78, 5) is 8.59. The Morgan fingerprint density at radius 3 is 2.84 bits per heavy atom. The highest BCUT2D eigenvalue weighted by atomic mass is 16.5. The second-order valence-electron chi connectivity index (χ2n) is 4.75.